The van der Waals surface area contributed by atoms with Crippen LogP contribution in [0.25, 0.3) is 0 Å². The van der Waals surface area contributed by atoms with Crippen LogP contribution in [0.2, 0.25) is 0 Å². The molecule has 0 fully saturated rings. The zero-order valence-electron chi connectivity index (χ0n) is 11.6. The minimum Gasteiger partial charge on any atom is -0.313 e. The third-order valence-electron chi connectivity index (χ3n) is 3.12. The van der Waals surface area contributed by atoms with E-state index >= 15 is 0 Å². The monoisotopic (exact) mass is 299 g/mol. The van der Waals surface area contributed by atoms with Gasteiger partial charge in [0.25, 0.3) is 0 Å². The molecule has 0 saturated heterocycles. The van der Waals surface area contributed by atoms with Crippen LogP contribution in [0, 0.1) is 0 Å². The fourth-order valence-electron chi connectivity index (χ4n) is 1.73. The highest BCUT2D eigenvalue weighted by atomic mass is 32.2. The average Bonchev–Trinajstić information content (AvgIpc) is 2.25. The molecule has 0 aromatic carbocycles. The molecule has 0 heterocycles. The van der Waals surface area contributed by atoms with Crippen LogP contribution in [0.4, 0.5) is 0 Å². The van der Waals surface area contributed by atoms with Crippen LogP contribution in [0.3, 0.4) is 0 Å². The third-order valence-corrected chi connectivity index (χ3v) is 6.59. The lowest BCUT2D eigenvalue weighted by Gasteiger charge is -2.23. The molecule has 0 amide bonds. The molecule has 1 N–H and O–H groups in total. The van der Waals surface area contributed by atoms with Gasteiger partial charge >= 0.3 is 0 Å². The molecule has 7 heteroatoms. The maximum absolute atomic E-state index is 11.5. The summed E-state index contributed by atoms with van der Waals surface area (Å²) in [5.41, 5.74) is 0. The van der Waals surface area contributed by atoms with Gasteiger partial charge < -0.3 is 5.32 Å². The van der Waals surface area contributed by atoms with Crippen molar-refractivity contribution in [3.05, 3.63) is 0 Å². The van der Waals surface area contributed by atoms with E-state index in [1.165, 1.54) is 6.26 Å². The van der Waals surface area contributed by atoms with E-state index in [0.29, 0.717) is 19.4 Å². The second kappa shape index (κ2) is 7.45. The number of sulfone groups is 2. The lowest BCUT2D eigenvalue weighted by Crippen LogP contribution is -2.42. The zero-order valence-corrected chi connectivity index (χ0v) is 13.3. The molecule has 0 aromatic heterocycles. The van der Waals surface area contributed by atoms with Crippen LogP contribution in [-0.2, 0) is 19.7 Å². The Kier molecular flexibility index (Phi) is 7.39. The summed E-state index contributed by atoms with van der Waals surface area (Å²) in [5.74, 6) is 0.266. The highest BCUT2D eigenvalue weighted by Gasteiger charge is 2.25. The van der Waals surface area contributed by atoms with Crippen molar-refractivity contribution in [2.75, 3.05) is 24.3 Å². The van der Waals surface area contributed by atoms with Gasteiger partial charge in [-0.2, -0.15) is 0 Å². The second-order valence-corrected chi connectivity index (χ2v) is 9.45. The maximum atomic E-state index is 11.5. The predicted molar refractivity (Wildman–Crippen MR) is 75.3 cm³/mol. The predicted octanol–water partition coefficient (Wildman–Crippen LogP) is 0.613. The Morgan fingerprint density at radius 2 is 1.67 bits per heavy atom. The van der Waals surface area contributed by atoms with Crippen LogP contribution in [0.15, 0.2) is 0 Å². The van der Waals surface area contributed by atoms with Crippen molar-refractivity contribution in [3.8, 4) is 0 Å². The van der Waals surface area contributed by atoms with Crippen LogP contribution in [-0.4, -0.2) is 52.4 Å². The van der Waals surface area contributed by atoms with Crippen LogP contribution >= 0.6 is 0 Å². The maximum Gasteiger partial charge on any atom is 0.151 e. The van der Waals surface area contributed by atoms with Gasteiger partial charge in [0, 0.05) is 18.1 Å². The Hall–Kier alpha value is -0.140. The van der Waals surface area contributed by atoms with Gasteiger partial charge in [0.05, 0.1) is 11.0 Å². The fraction of sp³-hybridized carbons (Fsp3) is 1.00. The molecule has 0 aliphatic heterocycles. The first-order valence-electron chi connectivity index (χ1n) is 6.26. The molecule has 110 valence electrons. The highest BCUT2D eigenvalue weighted by molar-refractivity contribution is 7.91. The number of hydrogen-bond acceptors (Lipinski definition) is 5. The Balaban J connectivity index is 4.47. The van der Waals surface area contributed by atoms with Gasteiger partial charge in [-0.3, -0.25) is 0 Å². The van der Waals surface area contributed by atoms with Crippen molar-refractivity contribution in [2.24, 2.45) is 0 Å². The quantitative estimate of drug-likeness (QED) is 0.675. The smallest absolute Gasteiger partial charge is 0.151 e. The van der Waals surface area contributed by atoms with Crippen molar-refractivity contribution < 1.29 is 16.8 Å². The minimum atomic E-state index is -3.11. The van der Waals surface area contributed by atoms with E-state index in [1.807, 2.05) is 6.92 Å². The minimum absolute atomic E-state index is 0.127. The van der Waals surface area contributed by atoms with E-state index in [9.17, 15) is 16.8 Å². The largest absolute Gasteiger partial charge is 0.313 e. The number of rotatable bonds is 9. The molecule has 0 saturated carbocycles. The topological polar surface area (TPSA) is 80.3 Å². The molecular weight excluding hydrogens is 274 g/mol. The normalized spacial score (nSPS) is 16.4. The second-order valence-electron chi connectivity index (χ2n) is 4.58. The van der Waals surface area contributed by atoms with Crippen LogP contribution in [0.5, 0.6) is 0 Å². The first kappa shape index (κ1) is 17.9. The summed E-state index contributed by atoms with van der Waals surface area (Å²) < 4.78 is 45.7. The molecule has 0 spiro atoms. The van der Waals surface area contributed by atoms with Gasteiger partial charge in [-0.25, -0.2) is 16.8 Å². The lowest BCUT2D eigenvalue weighted by atomic mass is 10.1. The van der Waals surface area contributed by atoms with Crippen molar-refractivity contribution in [2.45, 2.75) is 44.9 Å². The zero-order chi connectivity index (χ0) is 14.4. The summed E-state index contributed by atoms with van der Waals surface area (Å²) in [4.78, 5) is 0. The molecule has 2 unspecified atom stereocenters. The van der Waals surface area contributed by atoms with Crippen LogP contribution < -0.4 is 5.32 Å². The van der Waals surface area contributed by atoms with Gasteiger partial charge in [0.2, 0.25) is 0 Å². The number of hydrogen-bond donors (Lipinski definition) is 1. The standard InChI is InChI=1S/C11H25NO4S2/c1-5-12-11(10(3)17(4,13)14)8-7-9-18(15,16)6-2/h10-12H,5-9H2,1-4H3. The Morgan fingerprint density at radius 3 is 2.06 bits per heavy atom. The van der Waals surface area contributed by atoms with Crippen molar-refractivity contribution >= 4 is 19.7 Å². The molecule has 0 aromatic rings. The van der Waals surface area contributed by atoms with E-state index in [2.05, 4.69) is 5.32 Å². The van der Waals surface area contributed by atoms with Gasteiger partial charge in [-0.15, -0.1) is 0 Å². The van der Waals surface area contributed by atoms with Gasteiger partial charge in [-0.1, -0.05) is 13.8 Å². The van der Waals surface area contributed by atoms with E-state index in [0.717, 1.165) is 0 Å². The van der Waals surface area contributed by atoms with Crippen molar-refractivity contribution in [1.82, 2.24) is 5.32 Å². The summed E-state index contributed by atoms with van der Waals surface area (Å²) in [7, 11) is -6.08. The van der Waals surface area contributed by atoms with Gasteiger partial charge in [0.15, 0.2) is 9.84 Å². The summed E-state index contributed by atoms with van der Waals surface area (Å²) in [6, 6.07) is -0.183. The Labute approximate surface area is 111 Å². The molecule has 18 heavy (non-hydrogen) atoms. The lowest BCUT2D eigenvalue weighted by molar-refractivity contribution is 0.465. The first-order valence-corrected chi connectivity index (χ1v) is 10.0. The molecule has 5 nitrogen and oxygen atoms in total. The Bertz CT molecular complexity index is 428. The highest BCUT2D eigenvalue weighted by Crippen LogP contribution is 2.11. The molecular formula is C11H25NO4S2. The van der Waals surface area contributed by atoms with Crippen LogP contribution in [0.1, 0.15) is 33.6 Å². The summed E-state index contributed by atoms with van der Waals surface area (Å²) in [5, 5.41) is 2.62. The summed E-state index contributed by atoms with van der Waals surface area (Å²) >= 11 is 0. The molecule has 0 rings (SSSR count). The van der Waals surface area contributed by atoms with Crippen molar-refractivity contribution in [1.29, 1.82) is 0 Å². The molecule has 0 aliphatic rings. The first-order chi connectivity index (χ1) is 8.14. The van der Waals surface area contributed by atoms with E-state index in [4.69, 9.17) is 0 Å². The fourth-order valence-corrected chi connectivity index (χ4v) is 3.46. The number of nitrogens with one attached hydrogen (secondary N) is 1. The van der Waals surface area contributed by atoms with Crippen molar-refractivity contribution in [3.63, 3.8) is 0 Å². The van der Waals surface area contributed by atoms with E-state index in [-0.39, 0.29) is 17.5 Å². The molecule has 0 bridgehead atoms. The third kappa shape index (κ3) is 6.70. The summed E-state index contributed by atoms with van der Waals surface area (Å²) in [6.07, 6.45) is 2.26. The molecule has 2 atom stereocenters. The SMILES string of the molecule is CCNC(CCCS(=O)(=O)CC)C(C)S(C)(=O)=O. The summed E-state index contributed by atoms with van der Waals surface area (Å²) in [6.45, 7) is 5.86. The molecule has 0 aliphatic carbocycles. The molecule has 0 radical (unpaired) electrons. The van der Waals surface area contributed by atoms with Gasteiger partial charge in [-0.05, 0) is 26.3 Å². The average molecular weight is 299 g/mol. The van der Waals surface area contributed by atoms with E-state index in [1.54, 1.807) is 13.8 Å². The van der Waals surface area contributed by atoms with Gasteiger partial charge in [0.1, 0.15) is 9.84 Å². The van der Waals surface area contributed by atoms with E-state index < -0.39 is 24.9 Å². The Morgan fingerprint density at radius 1 is 1.11 bits per heavy atom.